The Bertz CT molecular complexity index is 568. The van der Waals surface area contributed by atoms with Crippen LogP contribution in [0.25, 0.3) is 10.9 Å². The largest absolute Gasteiger partial charge is 0.361 e. The number of aromatic nitrogens is 1. The smallest absolute Gasteiger partial charge is 0.0459 e. The van der Waals surface area contributed by atoms with Gasteiger partial charge in [-0.15, -0.1) is 0 Å². The summed E-state index contributed by atoms with van der Waals surface area (Å²) >= 11 is 0. The van der Waals surface area contributed by atoms with Crippen LogP contribution in [0.4, 0.5) is 0 Å². The van der Waals surface area contributed by atoms with Gasteiger partial charge in [-0.3, -0.25) is 0 Å². The number of H-pyrrole nitrogens is 1. The summed E-state index contributed by atoms with van der Waals surface area (Å²) in [6, 6.07) is 5.36. The van der Waals surface area contributed by atoms with Gasteiger partial charge in [-0.05, 0) is 74.4 Å². The molecule has 0 amide bonds. The summed E-state index contributed by atoms with van der Waals surface area (Å²) in [5.74, 6) is 0. The van der Waals surface area contributed by atoms with Crippen LogP contribution < -0.4 is 5.32 Å². The summed E-state index contributed by atoms with van der Waals surface area (Å²) < 4.78 is 0. The highest BCUT2D eigenvalue weighted by molar-refractivity contribution is 5.85. The minimum absolute atomic E-state index is 0.542. The van der Waals surface area contributed by atoms with E-state index in [2.05, 4.69) is 42.5 Å². The molecule has 1 aliphatic carbocycles. The van der Waals surface area contributed by atoms with Crippen molar-refractivity contribution in [3.8, 4) is 0 Å². The molecule has 0 aliphatic heterocycles. The van der Waals surface area contributed by atoms with E-state index in [1.54, 1.807) is 11.1 Å². The molecular formula is C17H24N2. The fraction of sp³-hybridized carbons (Fsp3) is 0.529. The van der Waals surface area contributed by atoms with Crippen molar-refractivity contribution < 1.29 is 0 Å². The highest BCUT2D eigenvalue weighted by atomic mass is 14.9. The van der Waals surface area contributed by atoms with Gasteiger partial charge in [0.2, 0.25) is 0 Å². The first kappa shape index (κ1) is 12.7. The third kappa shape index (κ3) is 2.55. The summed E-state index contributed by atoms with van der Waals surface area (Å²) in [4.78, 5) is 3.46. The molecule has 1 aromatic heterocycles. The predicted octanol–water partition coefficient (Wildman–Crippen LogP) is 3.59. The zero-order valence-electron chi connectivity index (χ0n) is 12.1. The molecule has 0 saturated carbocycles. The van der Waals surface area contributed by atoms with Crippen molar-refractivity contribution in [2.75, 3.05) is 6.54 Å². The average molecular weight is 256 g/mol. The molecule has 0 fully saturated rings. The van der Waals surface area contributed by atoms with Crippen LogP contribution in [0.1, 0.15) is 43.4 Å². The van der Waals surface area contributed by atoms with Crippen LogP contribution in [-0.2, 0) is 19.3 Å². The van der Waals surface area contributed by atoms with E-state index >= 15 is 0 Å². The topological polar surface area (TPSA) is 27.8 Å². The molecule has 0 saturated heterocycles. The Labute approximate surface area is 115 Å². The quantitative estimate of drug-likeness (QED) is 0.859. The predicted molar refractivity (Wildman–Crippen MR) is 81.8 cm³/mol. The molecule has 19 heavy (non-hydrogen) atoms. The van der Waals surface area contributed by atoms with Crippen molar-refractivity contribution in [3.63, 3.8) is 0 Å². The lowest BCUT2D eigenvalue weighted by molar-refractivity contribution is 0.567. The zero-order valence-corrected chi connectivity index (χ0v) is 12.1. The summed E-state index contributed by atoms with van der Waals surface area (Å²) in [7, 11) is 0. The maximum absolute atomic E-state index is 3.50. The second kappa shape index (κ2) is 5.38. The van der Waals surface area contributed by atoms with Gasteiger partial charge >= 0.3 is 0 Å². The zero-order chi connectivity index (χ0) is 13.2. The van der Waals surface area contributed by atoms with Crippen LogP contribution in [0.15, 0.2) is 18.3 Å². The van der Waals surface area contributed by atoms with E-state index in [0.29, 0.717) is 6.04 Å². The van der Waals surface area contributed by atoms with E-state index in [4.69, 9.17) is 0 Å². The normalized spacial score (nSPS) is 16.5. The number of likely N-dealkylation sites (N-methyl/N-ethyl adjacent to an activating group) is 1. The second-order valence-corrected chi connectivity index (χ2v) is 5.85. The maximum Gasteiger partial charge on any atom is 0.0459 e. The number of nitrogens with one attached hydrogen (secondary N) is 2. The van der Waals surface area contributed by atoms with Gasteiger partial charge in [-0.2, -0.15) is 0 Å². The molecule has 2 nitrogen and oxygen atoms in total. The fourth-order valence-corrected chi connectivity index (χ4v) is 3.33. The molecule has 1 heterocycles. The molecule has 1 atom stereocenters. The molecular weight excluding hydrogens is 232 g/mol. The molecule has 1 aliphatic rings. The number of rotatable bonds is 4. The van der Waals surface area contributed by atoms with Gasteiger partial charge < -0.3 is 10.3 Å². The number of fused-ring (bicyclic) bond motifs is 2. The summed E-state index contributed by atoms with van der Waals surface area (Å²) in [6.45, 7) is 5.47. The average Bonchev–Trinajstić information content (AvgIpc) is 2.79. The Morgan fingerprint density at radius 2 is 1.95 bits per heavy atom. The van der Waals surface area contributed by atoms with Crippen LogP contribution in [0.3, 0.4) is 0 Å². The number of aryl methyl sites for hydroxylation is 2. The van der Waals surface area contributed by atoms with Crippen LogP contribution in [0.5, 0.6) is 0 Å². The van der Waals surface area contributed by atoms with Gasteiger partial charge in [-0.1, -0.05) is 6.92 Å². The van der Waals surface area contributed by atoms with Gasteiger partial charge in [0.25, 0.3) is 0 Å². The molecule has 2 N–H and O–H groups in total. The van der Waals surface area contributed by atoms with Crippen LogP contribution in [0.2, 0.25) is 0 Å². The van der Waals surface area contributed by atoms with E-state index in [1.807, 2.05) is 0 Å². The molecule has 1 aromatic carbocycles. The number of hydrogen-bond donors (Lipinski definition) is 2. The standard InChI is InChI=1S/C17H24N2/c1-3-18-12(2)8-15-11-19-17-10-14-7-5-4-6-13(14)9-16(15)17/h9-12,18-19H,3-8H2,1-2H3. The number of hydrogen-bond acceptors (Lipinski definition) is 1. The van der Waals surface area contributed by atoms with E-state index < -0.39 is 0 Å². The Balaban J connectivity index is 1.93. The van der Waals surface area contributed by atoms with Crippen molar-refractivity contribution in [2.24, 2.45) is 0 Å². The van der Waals surface area contributed by atoms with Crippen LogP contribution >= 0.6 is 0 Å². The number of benzene rings is 1. The van der Waals surface area contributed by atoms with Crippen LogP contribution in [-0.4, -0.2) is 17.6 Å². The Hall–Kier alpha value is -1.28. The molecule has 2 heteroatoms. The molecule has 0 spiro atoms. The highest BCUT2D eigenvalue weighted by Gasteiger charge is 2.13. The molecule has 0 bridgehead atoms. The van der Waals surface area contributed by atoms with E-state index in [1.165, 1.54) is 42.1 Å². The Morgan fingerprint density at radius 1 is 1.21 bits per heavy atom. The molecule has 0 radical (unpaired) electrons. The van der Waals surface area contributed by atoms with E-state index in [0.717, 1.165) is 13.0 Å². The maximum atomic E-state index is 3.50. The minimum Gasteiger partial charge on any atom is -0.361 e. The van der Waals surface area contributed by atoms with Gasteiger partial charge in [0, 0.05) is 23.1 Å². The van der Waals surface area contributed by atoms with Crippen molar-refractivity contribution in [1.82, 2.24) is 10.3 Å². The van der Waals surface area contributed by atoms with E-state index in [9.17, 15) is 0 Å². The highest BCUT2D eigenvalue weighted by Crippen LogP contribution is 2.28. The van der Waals surface area contributed by atoms with Gasteiger partial charge in [0.1, 0.15) is 0 Å². The fourth-order valence-electron chi connectivity index (χ4n) is 3.33. The van der Waals surface area contributed by atoms with Crippen molar-refractivity contribution in [2.45, 2.75) is 52.0 Å². The first-order chi connectivity index (χ1) is 9.28. The first-order valence-electron chi connectivity index (χ1n) is 7.63. The molecule has 3 rings (SSSR count). The third-order valence-electron chi connectivity index (χ3n) is 4.31. The number of aromatic amines is 1. The van der Waals surface area contributed by atoms with Crippen LogP contribution in [0, 0.1) is 0 Å². The monoisotopic (exact) mass is 256 g/mol. The van der Waals surface area contributed by atoms with Gasteiger partial charge in [-0.25, -0.2) is 0 Å². The van der Waals surface area contributed by atoms with Crippen molar-refractivity contribution in [1.29, 1.82) is 0 Å². The van der Waals surface area contributed by atoms with Gasteiger partial charge in [0.15, 0.2) is 0 Å². The summed E-state index contributed by atoms with van der Waals surface area (Å²) in [5.41, 5.74) is 5.92. The van der Waals surface area contributed by atoms with E-state index in [-0.39, 0.29) is 0 Å². The Morgan fingerprint density at radius 3 is 2.68 bits per heavy atom. The van der Waals surface area contributed by atoms with Gasteiger partial charge in [0.05, 0.1) is 0 Å². The second-order valence-electron chi connectivity index (χ2n) is 5.85. The molecule has 2 aromatic rings. The third-order valence-corrected chi connectivity index (χ3v) is 4.31. The first-order valence-corrected chi connectivity index (χ1v) is 7.63. The minimum atomic E-state index is 0.542. The molecule has 102 valence electrons. The summed E-state index contributed by atoms with van der Waals surface area (Å²) in [6.07, 6.45) is 8.53. The van der Waals surface area contributed by atoms with Crippen molar-refractivity contribution in [3.05, 3.63) is 35.0 Å². The summed E-state index contributed by atoms with van der Waals surface area (Å²) in [5, 5.41) is 4.93. The lowest BCUT2D eigenvalue weighted by atomic mass is 9.90. The molecule has 1 unspecified atom stereocenters. The lowest BCUT2D eigenvalue weighted by Gasteiger charge is -2.16. The SMILES string of the molecule is CCNC(C)Cc1c[nH]c2cc3c(cc12)CCCC3. The van der Waals surface area contributed by atoms with Crippen molar-refractivity contribution >= 4 is 10.9 Å². The lowest BCUT2D eigenvalue weighted by Crippen LogP contribution is -2.27. The Kier molecular flexibility index (Phi) is 3.61.